The first-order valence-corrected chi connectivity index (χ1v) is 6.95. The minimum Gasteiger partial charge on any atom is -0.396 e. The van der Waals surface area contributed by atoms with Crippen LogP contribution in [0.25, 0.3) is 0 Å². The van der Waals surface area contributed by atoms with Gasteiger partial charge in [0.2, 0.25) is 5.91 Å². The van der Waals surface area contributed by atoms with Gasteiger partial charge >= 0.3 is 0 Å². The van der Waals surface area contributed by atoms with Crippen molar-refractivity contribution in [1.29, 1.82) is 0 Å². The lowest BCUT2D eigenvalue weighted by atomic mass is 9.74. The maximum atomic E-state index is 11.9. The van der Waals surface area contributed by atoms with Crippen LogP contribution in [0.5, 0.6) is 0 Å². The molecule has 0 aromatic rings. The molecular weight excluding hydrogens is 232 g/mol. The van der Waals surface area contributed by atoms with Crippen LogP contribution in [0.4, 0.5) is 0 Å². The summed E-state index contributed by atoms with van der Waals surface area (Å²) in [6.45, 7) is 1.19. The van der Waals surface area contributed by atoms with E-state index in [9.17, 15) is 15.0 Å². The highest BCUT2D eigenvalue weighted by molar-refractivity contribution is 5.82. The average molecular weight is 256 g/mol. The molecule has 1 saturated carbocycles. The molecule has 5 nitrogen and oxygen atoms in total. The average Bonchev–Trinajstić information content (AvgIpc) is 2.84. The first-order chi connectivity index (χ1) is 8.65. The Bertz CT molecular complexity index is 290. The molecule has 1 aliphatic heterocycles. The highest BCUT2D eigenvalue weighted by Crippen LogP contribution is 2.35. The third-order valence-corrected chi connectivity index (χ3v) is 4.31. The van der Waals surface area contributed by atoms with E-state index in [1.807, 2.05) is 0 Å². The lowest BCUT2D eigenvalue weighted by Crippen LogP contribution is -2.47. The maximum absolute atomic E-state index is 11.9. The van der Waals surface area contributed by atoms with E-state index < -0.39 is 6.10 Å². The SMILES string of the molecule is O=C(NCC1(CO)CCCCC1)C1CC(O)CN1. The van der Waals surface area contributed by atoms with Crippen molar-refractivity contribution < 1.29 is 15.0 Å². The van der Waals surface area contributed by atoms with Crippen LogP contribution in [-0.2, 0) is 4.79 Å². The van der Waals surface area contributed by atoms with Gasteiger partial charge in [-0.15, -0.1) is 0 Å². The van der Waals surface area contributed by atoms with Crippen molar-refractivity contribution in [2.45, 2.75) is 50.7 Å². The molecule has 1 heterocycles. The Balaban J connectivity index is 1.80. The molecule has 4 N–H and O–H groups in total. The summed E-state index contributed by atoms with van der Waals surface area (Å²) in [6, 6.07) is -0.278. The number of carbonyl (C=O) groups excluding carboxylic acids is 1. The van der Waals surface area contributed by atoms with Crippen molar-refractivity contribution >= 4 is 5.91 Å². The van der Waals surface area contributed by atoms with Gasteiger partial charge in [-0.25, -0.2) is 0 Å². The number of hydrogen-bond acceptors (Lipinski definition) is 4. The molecule has 0 aromatic carbocycles. The summed E-state index contributed by atoms with van der Waals surface area (Å²) < 4.78 is 0. The summed E-state index contributed by atoms with van der Waals surface area (Å²) in [4.78, 5) is 11.9. The second kappa shape index (κ2) is 5.99. The number of aliphatic hydroxyl groups excluding tert-OH is 2. The lowest BCUT2D eigenvalue weighted by molar-refractivity contribution is -0.123. The van der Waals surface area contributed by atoms with Crippen molar-refractivity contribution in [2.24, 2.45) is 5.41 Å². The van der Waals surface area contributed by atoms with E-state index in [1.54, 1.807) is 0 Å². The van der Waals surface area contributed by atoms with Gasteiger partial charge in [0.15, 0.2) is 0 Å². The molecule has 5 heteroatoms. The number of amides is 1. The molecule has 0 spiro atoms. The topological polar surface area (TPSA) is 81.6 Å². The highest BCUT2D eigenvalue weighted by Gasteiger charge is 2.34. The summed E-state index contributed by atoms with van der Waals surface area (Å²) in [5.41, 5.74) is -0.120. The van der Waals surface area contributed by atoms with Gasteiger partial charge in [0, 0.05) is 18.5 Å². The Morgan fingerprint density at radius 2 is 2.06 bits per heavy atom. The standard InChI is InChI=1S/C13H24N2O3/c16-9-13(4-2-1-3-5-13)8-15-12(18)11-6-10(17)7-14-11/h10-11,14,16-17H,1-9H2,(H,15,18). The van der Waals surface area contributed by atoms with E-state index in [0.29, 0.717) is 19.5 Å². The Hall–Kier alpha value is -0.650. The second-order valence-corrected chi connectivity index (χ2v) is 5.79. The number of β-amino-alcohol motifs (C(OH)–C–C–N with tert-alkyl or cyclic N) is 1. The van der Waals surface area contributed by atoms with Crippen LogP contribution in [0.3, 0.4) is 0 Å². The Morgan fingerprint density at radius 1 is 1.33 bits per heavy atom. The molecule has 104 valence electrons. The Kier molecular flexibility index (Phi) is 4.59. The van der Waals surface area contributed by atoms with E-state index in [0.717, 1.165) is 25.7 Å². The first-order valence-electron chi connectivity index (χ1n) is 6.95. The molecule has 1 saturated heterocycles. The molecule has 0 radical (unpaired) electrons. The molecule has 18 heavy (non-hydrogen) atoms. The normalized spacial score (nSPS) is 31.2. The van der Waals surface area contributed by atoms with Gasteiger partial charge in [0.1, 0.15) is 0 Å². The largest absolute Gasteiger partial charge is 0.396 e. The van der Waals surface area contributed by atoms with E-state index >= 15 is 0 Å². The molecule has 1 aliphatic carbocycles. The van der Waals surface area contributed by atoms with Gasteiger partial charge in [-0.3, -0.25) is 4.79 Å². The van der Waals surface area contributed by atoms with Gasteiger partial charge in [-0.1, -0.05) is 19.3 Å². The van der Waals surface area contributed by atoms with Crippen molar-refractivity contribution in [1.82, 2.24) is 10.6 Å². The van der Waals surface area contributed by atoms with E-state index in [4.69, 9.17) is 0 Å². The van der Waals surface area contributed by atoms with Crippen LogP contribution in [0, 0.1) is 5.41 Å². The molecule has 1 amide bonds. The van der Waals surface area contributed by atoms with Gasteiger partial charge in [-0.2, -0.15) is 0 Å². The first kappa shape index (κ1) is 13.8. The number of nitrogens with one attached hydrogen (secondary N) is 2. The van der Waals surface area contributed by atoms with Crippen LogP contribution in [0.15, 0.2) is 0 Å². The highest BCUT2D eigenvalue weighted by atomic mass is 16.3. The van der Waals surface area contributed by atoms with E-state index in [-0.39, 0.29) is 24.0 Å². The maximum Gasteiger partial charge on any atom is 0.237 e. The monoisotopic (exact) mass is 256 g/mol. The second-order valence-electron chi connectivity index (χ2n) is 5.79. The summed E-state index contributed by atoms with van der Waals surface area (Å²) in [5.74, 6) is -0.0510. The van der Waals surface area contributed by atoms with Gasteiger partial charge < -0.3 is 20.8 Å². The fraction of sp³-hybridized carbons (Fsp3) is 0.923. The summed E-state index contributed by atoms with van der Waals surface area (Å²) in [7, 11) is 0. The van der Waals surface area contributed by atoms with Gasteiger partial charge in [0.25, 0.3) is 0 Å². The fourth-order valence-electron chi connectivity index (χ4n) is 3.01. The molecule has 2 rings (SSSR count). The van der Waals surface area contributed by atoms with Gasteiger partial charge in [0.05, 0.1) is 18.8 Å². The van der Waals surface area contributed by atoms with Crippen LogP contribution in [0.2, 0.25) is 0 Å². The lowest BCUT2D eigenvalue weighted by Gasteiger charge is -2.35. The van der Waals surface area contributed by atoms with Crippen LogP contribution < -0.4 is 10.6 Å². The van der Waals surface area contributed by atoms with E-state index in [2.05, 4.69) is 10.6 Å². The zero-order valence-corrected chi connectivity index (χ0v) is 10.8. The zero-order valence-electron chi connectivity index (χ0n) is 10.8. The van der Waals surface area contributed by atoms with Crippen LogP contribution in [-0.4, -0.2) is 48.0 Å². The summed E-state index contributed by atoms with van der Waals surface area (Å²) in [5, 5.41) is 24.9. The van der Waals surface area contributed by atoms with E-state index in [1.165, 1.54) is 6.42 Å². The fourth-order valence-corrected chi connectivity index (χ4v) is 3.01. The van der Waals surface area contributed by atoms with Crippen LogP contribution in [0.1, 0.15) is 38.5 Å². The molecule has 0 aromatic heterocycles. The number of rotatable bonds is 4. The third-order valence-electron chi connectivity index (χ3n) is 4.31. The van der Waals surface area contributed by atoms with Crippen LogP contribution >= 0.6 is 0 Å². The molecular formula is C13H24N2O3. The minimum absolute atomic E-state index is 0.0510. The summed E-state index contributed by atoms with van der Waals surface area (Å²) in [6.07, 6.45) is 5.55. The zero-order chi connectivity index (χ0) is 13.0. The molecule has 2 fully saturated rings. The van der Waals surface area contributed by atoms with Gasteiger partial charge in [-0.05, 0) is 19.3 Å². The molecule has 0 bridgehead atoms. The molecule has 2 atom stereocenters. The van der Waals surface area contributed by atoms with Crippen molar-refractivity contribution in [3.63, 3.8) is 0 Å². The molecule has 2 unspecified atom stereocenters. The molecule has 2 aliphatic rings. The minimum atomic E-state index is -0.415. The Labute approximate surface area is 108 Å². The predicted octanol–water partition coefficient (Wildman–Crippen LogP) is -0.232. The number of hydrogen-bond donors (Lipinski definition) is 4. The van der Waals surface area contributed by atoms with Crippen molar-refractivity contribution in [3.8, 4) is 0 Å². The number of carbonyl (C=O) groups is 1. The predicted molar refractivity (Wildman–Crippen MR) is 68.0 cm³/mol. The third kappa shape index (κ3) is 3.22. The summed E-state index contributed by atoms with van der Waals surface area (Å²) >= 11 is 0. The van der Waals surface area contributed by atoms with Crippen molar-refractivity contribution in [3.05, 3.63) is 0 Å². The number of aliphatic hydroxyl groups is 2. The quantitative estimate of drug-likeness (QED) is 0.560. The van der Waals surface area contributed by atoms with Crippen molar-refractivity contribution in [2.75, 3.05) is 19.7 Å². The smallest absolute Gasteiger partial charge is 0.237 e. The Morgan fingerprint density at radius 3 is 2.61 bits per heavy atom.